The van der Waals surface area contributed by atoms with Gasteiger partial charge >= 0.3 is 0 Å². The summed E-state index contributed by atoms with van der Waals surface area (Å²) in [6, 6.07) is 1.31. The van der Waals surface area contributed by atoms with Crippen LogP contribution in [-0.2, 0) is 9.05 Å². The van der Waals surface area contributed by atoms with Gasteiger partial charge in [-0.05, 0) is 26.3 Å². The predicted octanol–water partition coefficient (Wildman–Crippen LogP) is 2.20. The molecule has 1 heterocycles. The summed E-state index contributed by atoms with van der Waals surface area (Å²) < 4.78 is 22.2. The average molecular weight is 293 g/mol. The van der Waals surface area contributed by atoms with Gasteiger partial charge in [-0.25, -0.2) is 8.42 Å². The molecule has 1 aromatic rings. The van der Waals surface area contributed by atoms with E-state index in [4.69, 9.17) is 10.7 Å². The van der Waals surface area contributed by atoms with Crippen molar-refractivity contribution in [3.8, 4) is 0 Å². The van der Waals surface area contributed by atoms with Gasteiger partial charge in [0, 0.05) is 29.5 Å². The minimum atomic E-state index is -3.80. The van der Waals surface area contributed by atoms with Crippen molar-refractivity contribution in [2.45, 2.75) is 38.1 Å². The highest BCUT2D eigenvalue weighted by Gasteiger charge is 2.21. The van der Waals surface area contributed by atoms with E-state index < -0.39 is 9.05 Å². The van der Waals surface area contributed by atoms with Gasteiger partial charge in [0.1, 0.15) is 10.6 Å². The molecule has 0 aliphatic heterocycles. The maximum atomic E-state index is 12.2. The van der Waals surface area contributed by atoms with Crippen molar-refractivity contribution in [3.63, 3.8) is 0 Å². The highest BCUT2D eigenvalue weighted by Crippen LogP contribution is 2.17. The summed E-state index contributed by atoms with van der Waals surface area (Å²) in [6.07, 6.45) is 2.06. The Labute approximate surface area is 112 Å². The second-order valence-electron chi connectivity index (χ2n) is 4.28. The Kier molecular flexibility index (Phi) is 4.81. The number of aromatic nitrogens is 1. The maximum absolute atomic E-state index is 12.2. The lowest BCUT2D eigenvalue weighted by atomic mass is 10.2. The van der Waals surface area contributed by atoms with E-state index in [9.17, 15) is 13.2 Å². The Balaban J connectivity index is 2.99. The maximum Gasteiger partial charge on any atom is 0.270 e. The number of carbonyl (C=O) groups is 1. The highest BCUT2D eigenvalue weighted by molar-refractivity contribution is 8.13. The molecular weight excluding hydrogens is 276 g/mol. The quantitative estimate of drug-likeness (QED) is 0.846. The van der Waals surface area contributed by atoms with E-state index in [1.54, 1.807) is 4.90 Å². The Morgan fingerprint density at radius 3 is 2.50 bits per heavy atom. The molecule has 1 rings (SSSR count). The topological polar surface area (TPSA) is 70.2 Å². The van der Waals surface area contributed by atoms with Crippen LogP contribution in [0.5, 0.6) is 0 Å². The highest BCUT2D eigenvalue weighted by atomic mass is 35.7. The minimum Gasteiger partial charge on any atom is -0.356 e. The third-order valence-corrected chi connectivity index (χ3v) is 3.85. The molecular formula is C11H17ClN2O3S. The van der Waals surface area contributed by atoms with E-state index in [0.29, 0.717) is 6.54 Å². The summed E-state index contributed by atoms with van der Waals surface area (Å²) in [5.74, 6) is -0.224. The SMILES string of the molecule is CCCN(C(=O)c1cc(S(=O)(=O)Cl)c[nH]1)C(C)C. The third kappa shape index (κ3) is 3.49. The van der Waals surface area contributed by atoms with Crippen LogP contribution < -0.4 is 0 Å². The monoisotopic (exact) mass is 292 g/mol. The summed E-state index contributed by atoms with van der Waals surface area (Å²) in [5.41, 5.74) is 0.233. The molecule has 1 amide bonds. The molecule has 0 saturated carbocycles. The standard InChI is InChI=1S/C11H17ClN2O3S/c1-4-5-14(8(2)3)11(15)10-6-9(7-13-10)18(12,16)17/h6-8,13H,4-5H2,1-3H3. The first-order chi connectivity index (χ1) is 8.27. The molecule has 0 fully saturated rings. The lowest BCUT2D eigenvalue weighted by molar-refractivity contribution is 0.0700. The van der Waals surface area contributed by atoms with Crippen LogP contribution in [0.3, 0.4) is 0 Å². The second kappa shape index (κ2) is 5.75. The first kappa shape index (κ1) is 15.0. The van der Waals surface area contributed by atoms with Crippen LogP contribution >= 0.6 is 10.7 Å². The van der Waals surface area contributed by atoms with Crippen LogP contribution in [-0.4, -0.2) is 36.8 Å². The van der Waals surface area contributed by atoms with Crippen molar-refractivity contribution < 1.29 is 13.2 Å². The largest absolute Gasteiger partial charge is 0.356 e. The summed E-state index contributed by atoms with van der Waals surface area (Å²) >= 11 is 0. The molecule has 0 atom stereocenters. The number of H-pyrrole nitrogens is 1. The smallest absolute Gasteiger partial charge is 0.270 e. The summed E-state index contributed by atoms with van der Waals surface area (Å²) in [6.45, 7) is 6.43. The van der Waals surface area contributed by atoms with Gasteiger partial charge in [0.05, 0.1) is 0 Å². The summed E-state index contributed by atoms with van der Waals surface area (Å²) in [5, 5.41) is 0. The van der Waals surface area contributed by atoms with Gasteiger partial charge in [-0.2, -0.15) is 0 Å². The van der Waals surface area contributed by atoms with E-state index in [-0.39, 0.29) is 22.5 Å². The molecule has 1 N–H and O–H groups in total. The first-order valence-corrected chi connectivity index (χ1v) is 8.02. The fraction of sp³-hybridized carbons (Fsp3) is 0.545. The molecule has 0 spiro atoms. The molecule has 5 nitrogen and oxygen atoms in total. The second-order valence-corrected chi connectivity index (χ2v) is 6.85. The van der Waals surface area contributed by atoms with Gasteiger partial charge in [-0.3, -0.25) is 4.79 Å². The van der Waals surface area contributed by atoms with Crippen LogP contribution in [0.25, 0.3) is 0 Å². The van der Waals surface area contributed by atoms with Gasteiger partial charge in [-0.15, -0.1) is 0 Å². The fourth-order valence-electron chi connectivity index (χ4n) is 1.63. The van der Waals surface area contributed by atoms with Gasteiger partial charge in [0.2, 0.25) is 0 Å². The van der Waals surface area contributed by atoms with E-state index in [0.717, 1.165) is 6.42 Å². The zero-order chi connectivity index (χ0) is 13.9. The molecule has 0 saturated heterocycles. The molecule has 102 valence electrons. The summed E-state index contributed by atoms with van der Waals surface area (Å²) in [4.78, 5) is 16.4. The normalized spacial score (nSPS) is 11.8. The van der Waals surface area contributed by atoms with Crippen molar-refractivity contribution in [1.82, 2.24) is 9.88 Å². The van der Waals surface area contributed by atoms with Crippen molar-refractivity contribution in [2.24, 2.45) is 0 Å². The van der Waals surface area contributed by atoms with Crippen LogP contribution in [0.4, 0.5) is 0 Å². The van der Waals surface area contributed by atoms with Crippen molar-refractivity contribution in [3.05, 3.63) is 18.0 Å². The van der Waals surface area contributed by atoms with Crippen LogP contribution in [0.2, 0.25) is 0 Å². The van der Waals surface area contributed by atoms with Crippen molar-refractivity contribution in [1.29, 1.82) is 0 Å². The minimum absolute atomic E-state index is 0.0526. The Morgan fingerprint density at radius 1 is 1.50 bits per heavy atom. The fourth-order valence-corrected chi connectivity index (χ4v) is 2.35. The zero-order valence-electron chi connectivity index (χ0n) is 10.6. The number of nitrogens with zero attached hydrogens (tertiary/aromatic N) is 1. The number of carbonyl (C=O) groups excluding carboxylic acids is 1. The number of aromatic amines is 1. The molecule has 0 bridgehead atoms. The van der Waals surface area contributed by atoms with Gasteiger partial charge in [-0.1, -0.05) is 6.92 Å². The lowest BCUT2D eigenvalue weighted by Crippen LogP contribution is -2.37. The molecule has 0 unspecified atom stereocenters. The molecule has 0 aliphatic carbocycles. The van der Waals surface area contributed by atoms with E-state index in [1.807, 2.05) is 20.8 Å². The molecule has 0 aromatic carbocycles. The predicted molar refractivity (Wildman–Crippen MR) is 70.3 cm³/mol. The summed E-state index contributed by atoms with van der Waals surface area (Å²) in [7, 11) is 1.40. The van der Waals surface area contributed by atoms with Crippen LogP contribution in [0.1, 0.15) is 37.7 Å². The Hall–Kier alpha value is -1.01. The number of nitrogens with one attached hydrogen (secondary N) is 1. The van der Waals surface area contributed by atoms with E-state index >= 15 is 0 Å². The zero-order valence-corrected chi connectivity index (χ0v) is 12.2. The van der Waals surface area contributed by atoms with E-state index in [1.165, 1.54) is 12.3 Å². The number of rotatable bonds is 5. The Bertz CT molecular complexity index is 522. The van der Waals surface area contributed by atoms with Gasteiger partial charge < -0.3 is 9.88 Å². The van der Waals surface area contributed by atoms with Crippen molar-refractivity contribution in [2.75, 3.05) is 6.54 Å². The van der Waals surface area contributed by atoms with E-state index in [2.05, 4.69) is 4.98 Å². The molecule has 7 heteroatoms. The Morgan fingerprint density at radius 2 is 2.11 bits per heavy atom. The molecule has 0 radical (unpaired) electrons. The molecule has 18 heavy (non-hydrogen) atoms. The van der Waals surface area contributed by atoms with Crippen molar-refractivity contribution >= 4 is 25.6 Å². The van der Waals surface area contributed by atoms with Gasteiger partial charge in [0.15, 0.2) is 0 Å². The number of amides is 1. The lowest BCUT2D eigenvalue weighted by Gasteiger charge is -2.25. The number of hydrogen-bond acceptors (Lipinski definition) is 3. The molecule has 0 aliphatic rings. The van der Waals surface area contributed by atoms with Gasteiger partial charge in [0.25, 0.3) is 15.0 Å². The third-order valence-electron chi connectivity index (χ3n) is 2.52. The number of hydrogen-bond donors (Lipinski definition) is 1. The number of halogens is 1. The van der Waals surface area contributed by atoms with Crippen LogP contribution in [0.15, 0.2) is 17.2 Å². The first-order valence-electron chi connectivity index (χ1n) is 5.71. The average Bonchev–Trinajstić information content (AvgIpc) is 2.73. The molecule has 1 aromatic heterocycles. The van der Waals surface area contributed by atoms with Crippen LogP contribution in [0, 0.1) is 0 Å².